The fraction of sp³-hybridized carbons (Fsp3) is 0.0909. The predicted molar refractivity (Wildman–Crippen MR) is 69.2 cm³/mol. The van der Waals surface area contributed by atoms with E-state index in [0.29, 0.717) is 4.88 Å². The number of carbonyl (C=O) groups is 2. The zero-order valence-electron chi connectivity index (χ0n) is 9.41. The first kappa shape index (κ1) is 13.4. The molecule has 0 bridgehead atoms. The number of amides is 1. The predicted octanol–water partition coefficient (Wildman–Crippen LogP) is 1.75. The molecule has 19 heavy (non-hydrogen) atoms. The number of hydrogen-bond donors (Lipinski definition) is 2. The molecule has 2 N–H and O–H groups in total. The molecule has 2 aromatic heterocycles. The van der Waals surface area contributed by atoms with Gasteiger partial charge in [0.1, 0.15) is 10.8 Å². The van der Waals surface area contributed by atoms with Crippen molar-refractivity contribution < 1.29 is 14.7 Å². The van der Waals surface area contributed by atoms with Gasteiger partial charge in [0.25, 0.3) is 5.91 Å². The molecular weight excluding hydrogens is 290 g/mol. The summed E-state index contributed by atoms with van der Waals surface area (Å²) in [5.41, 5.74) is 0.00667. The summed E-state index contributed by atoms with van der Waals surface area (Å²) in [6.45, 7) is 0. The van der Waals surface area contributed by atoms with Crippen molar-refractivity contribution in [2.24, 2.45) is 0 Å². The average molecular weight is 298 g/mol. The van der Waals surface area contributed by atoms with E-state index in [0.717, 1.165) is 0 Å². The molecule has 6 nitrogen and oxygen atoms in total. The lowest BCUT2D eigenvalue weighted by molar-refractivity contribution is -0.139. The van der Waals surface area contributed by atoms with Gasteiger partial charge < -0.3 is 10.4 Å². The van der Waals surface area contributed by atoms with Crippen LogP contribution < -0.4 is 5.32 Å². The molecule has 0 aromatic carbocycles. The average Bonchev–Trinajstić information content (AvgIpc) is 2.89. The van der Waals surface area contributed by atoms with Gasteiger partial charge in [0, 0.05) is 4.88 Å². The van der Waals surface area contributed by atoms with Gasteiger partial charge in [0.2, 0.25) is 0 Å². The summed E-state index contributed by atoms with van der Waals surface area (Å²) in [5.74, 6) is -1.76. The fourth-order valence-electron chi connectivity index (χ4n) is 1.34. The highest BCUT2D eigenvalue weighted by Crippen LogP contribution is 2.19. The minimum absolute atomic E-state index is 0.00667. The number of rotatable bonds is 4. The van der Waals surface area contributed by atoms with Gasteiger partial charge in [0.05, 0.1) is 12.4 Å². The summed E-state index contributed by atoms with van der Waals surface area (Å²) in [6, 6.07) is 2.24. The Labute approximate surface area is 117 Å². The molecule has 0 aliphatic heterocycles. The fourth-order valence-corrected chi connectivity index (χ4v) is 2.21. The van der Waals surface area contributed by atoms with Crippen molar-refractivity contribution in [2.75, 3.05) is 0 Å². The van der Waals surface area contributed by atoms with Gasteiger partial charge in [-0.1, -0.05) is 17.7 Å². The molecule has 0 fully saturated rings. The van der Waals surface area contributed by atoms with E-state index >= 15 is 0 Å². The topological polar surface area (TPSA) is 92.2 Å². The molecule has 8 heteroatoms. The van der Waals surface area contributed by atoms with Crippen LogP contribution in [0, 0.1) is 0 Å². The van der Waals surface area contributed by atoms with Crippen molar-refractivity contribution in [3.63, 3.8) is 0 Å². The van der Waals surface area contributed by atoms with E-state index in [1.807, 2.05) is 0 Å². The van der Waals surface area contributed by atoms with E-state index in [9.17, 15) is 9.59 Å². The molecule has 1 amide bonds. The van der Waals surface area contributed by atoms with Gasteiger partial charge in [-0.05, 0) is 11.4 Å². The maximum Gasteiger partial charge on any atom is 0.331 e. The van der Waals surface area contributed by atoms with Gasteiger partial charge in [-0.2, -0.15) is 0 Å². The Kier molecular flexibility index (Phi) is 4.08. The van der Waals surface area contributed by atoms with E-state index < -0.39 is 17.9 Å². The number of carboxylic acid groups (broad SMARTS) is 1. The van der Waals surface area contributed by atoms with Crippen molar-refractivity contribution in [1.29, 1.82) is 0 Å². The van der Waals surface area contributed by atoms with Crippen LogP contribution in [-0.4, -0.2) is 27.0 Å². The quantitative estimate of drug-likeness (QED) is 0.897. The number of hydrogen-bond acceptors (Lipinski definition) is 5. The van der Waals surface area contributed by atoms with E-state index in [1.54, 1.807) is 17.5 Å². The Balaban J connectivity index is 2.16. The highest BCUT2D eigenvalue weighted by atomic mass is 35.5. The Morgan fingerprint density at radius 2 is 2.16 bits per heavy atom. The first-order valence-corrected chi connectivity index (χ1v) is 6.38. The van der Waals surface area contributed by atoms with Crippen molar-refractivity contribution in [2.45, 2.75) is 6.04 Å². The second kappa shape index (κ2) is 5.77. The number of aliphatic carboxylic acids is 1. The standard InChI is InChI=1S/C11H8ClN3O3S/c12-8-5-13-6(4-14-8)10(16)15-9(11(17)18)7-2-1-3-19-7/h1-5,9H,(H,15,16)(H,17,18). The van der Waals surface area contributed by atoms with Crippen molar-refractivity contribution in [3.05, 3.63) is 45.6 Å². The van der Waals surface area contributed by atoms with Crippen LogP contribution in [0.3, 0.4) is 0 Å². The van der Waals surface area contributed by atoms with Crippen LogP contribution in [0.2, 0.25) is 5.15 Å². The summed E-state index contributed by atoms with van der Waals surface area (Å²) in [5, 5.41) is 13.4. The summed E-state index contributed by atoms with van der Waals surface area (Å²) < 4.78 is 0. The van der Waals surface area contributed by atoms with Crippen LogP contribution in [-0.2, 0) is 4.79 Å². The van der Waals surface area contributed by atoms with Crippen molar-refractivity contribution >= 4 is 34.8 Å². The third kappa shape index (κ3) is 3.27. The number of thiophene rings is 1. The van der Waals surface area contributed by atoms with E-state index in [1.165, 1.54) is 23.7 Å². The highest BCUT2D eigenvalue weighted by Gasteiger charge is 2.24. The second-order valence-corrected chi connectivity index (χ2v) is 4.85. The SMILES string of the molecule is O=C(NC(C(=O)O)c1cccs1)c1cnc(Cl)cn1. The highest BCUT2D eigenvalue weighted by molar-refractivity contribution is 7.10. The molecule has 0 radical (unpaired) electrons. The molecule has 0 saturated heterocycles. The summed E-state index contributed by atoms with van der Waals surface area (Å²) in [4.78, 5) is 31.0. The van der Waals surface area contributed by atoms with Crippen molar-refractivity contribution in [3.8, 4) is 0 Å². The largest absolute Gasteiger partial charge is 0.479 e. The normalized spacial score (nSPS) is 11.8. The van der Waals surface area contributed by atoms with Gasteiger partial charge >= 0.3 is 5.97 Å². The summed E-state index contributed by atoms with van der Waals surface area (Å²) >= 11 is 6.80. The number of halogens is 1. The number of nitrogens with one attached hydrogen (secondary N) is 1. The molecule has 2 rings (SSSR count). The number of aromatic nitrogens is 2. The monoisotopic (exact) mass is 297 g/mol. The minimum atomic E-state index is -1.14. The summed E-state index contributed by atoms with van der Waals surface area (Å²) in [6.07, 6.45) is 2.41. The molecule has 1 atom stereocenters. The molecule has 0 saturated carbocycles. The molecule has 98 valence electrons. The van der Waals surface area contributed by atoms with Gasteiger partial charge in [0.15, 0.2) is 6.04 Å². The molecule has 2 aromatic rings. The Morgan fingerprint density at radius 3 is 2.68 bits per heavy atom. The number of carbonyl (C=O) groups excluding carboxylic acids is 1. The molecular formula is C11H8ClN3O3S. The molecule has 0 aliphatic carbocycles. The van der Waals surface area contributed by atoms with Gasteiger partial charge in [-0.3, -0.25) is 4.79 Å². The zero-order chi connectivity index (χ0) is 13.8. The lowest BCUT2D eigenvalue weighted by Crippen LogP contribution is -2.33. The maximum atomic E-state index is 11.9. The minimum Gasteiger partial charge on any atom is -0.479 e. The Morgan fingerprint density at radius 1 is 1.37 bits per heavy atom. The van der Waals surface area contributed by atoms with E-state index in [2.05, 4.69) is 15.3 Å². The number of nitrogens with zero attached hydrogens (tertiary/aromatic N) is 2. The first-order chi connectivity index (χ1) is 9.08. The molecule has 2 heterocycles. The number of carboxylic acids is 1. The van der Waals surface area contributed by atoms with E-state index in [-0.39, 0.29) is 10.8 Å². The third-order valence-corrected chi connectivity index (χ3v) is 3.34. The van der Waals surface area contributed by atoms with Crippen LogP contribution in [0.1, 0.15) is 21.4 Å². The molecule has 1 unspecified atom stereocenters. The molecule has 0 spiro atoms. The van der Waals surface area contributed by atoms with Gasteiger partial charge in [-0.25, -0.2) is 14.8 Å². The molecule has 0 aliphatic rings. The Bertz CT molecular complexity index is 586. The van der Waals surface area contributed by atoms with E-state index in [4.69, 9.17) is 16.7 Å². The zero-order valence-corrected chi connectivity index (χ0v) is 11.0. The third-order valence-electron chi connectivity index (χ3n) is 2.20. The van der Waals surface area contributed by atoms with Crippen LogP contribution in [0.5, 0.6) is 0 Å². The van der Waals surface area contributed by atoms with Crippen LogP contribution in [0.25, 0.3) is 0 Å². The van der Waals surface area contributed by atoms with Crippen LogP contribution in [0.4, 0.5) is 0 Å². The second-order valence-electron chi connectivity index (χ2n) is 3.48. The Hall–Kier alpha value is -1.99. The lowest BCUT2D eigenvalue weighted by atomic mass is 10.2. The smallest absolute Gasteiger partial charge is 0.331 e. The van der Waals surface area contributed by atoms with Gasteiger partial charge in [-0.15, -0.1) is 11.3 Å². The van der Waals surface area contributed by atoms with Crippen molar-refractivity contribution in [1.82, 2.24) is 15.3 Å². The maximum absolute atomic E-state index is 11.9. The van der Waals surface area contributed by atoms with Crippen LogP contribution in [0.15, 0.2) is 29.9 Å². The lowest BCUT2D eigenvalue weighted by Gasteiger charge is -2.12. The van der Waals surface area contributed by atoms with Crippen LogP contribution >= 0.6 is 22.9 Å². The summed E-state index contributed by atoms with van der Waals surface area (Å²) in [7, 11) is 0. The first-order valence-electron chi connectivity index (χ1n) is 5.12.